The largest absolute Gasteiger partial charge is 0.349 e. The lowest BCUT2D eigenvalue weighted by Crippen LogP contribution is -2.72. The van der Waals surface area contributed by atoms with Crippen LogP contribution in [-0.4, -0.2) is 44.8 Å². The van der Waals surface area contributed by atoms with Gasteiger partial charge in [-0.05, 0) is 20.8 Å². The van der Waals surface area contributed by atoms with Gasteiger partial charge < -0.3 is 14.8 Å². The highest BCUT2D eigenvalue weighted by molar-refractivity contribution is 5.81. The Labute approximate surface area is 121 Å². The zero-order valence-electron chi connectivity index (χ0n) is 13.4. The molecule has 1 fully saturated rings. The summed E-state index contributed by atoms with van der Waals surface area (Å²) < 4.78 is 2.03. The lowest BCUT2D eigenvalue weighted by atomic mass is 9.65. The van der Waals surface area contributed by atoms with Crippen molar-refractivity contribution in [1.29, 1.82) is 0 Å². The standard InChI is InChI=1S/C14H26N6/c1-7-19-10-17-18-11(19)8-16-12(15-6)20-9-13(2,3)14(20,4)5/h10H,7-9H2,1-6H3,(H,15,16). The maximum Gasteiger partial charge on any atom is 0.194 e. The zero-order chi connectivity index (χ0) is 15.0. The maximum absolute atomic E-state index is 4.40. The second kappa shape index (κ2) is 5.07. The number of aromatic nitrogens is 3. The van der Waals surface area contributed by atoms with Crippen LogP contribution in [0, 0.1) is 5.41 Å². The molecule has 0 radical (unpaired) electrons. The van der Waals surface area contributed by atoms with Crippen LogP contribution in [0.25, 0.3) is 0 Å². The quantitative estimate of drug-likeness (QED) is 0.672. The predicted molar refractivity (Wildman–Crippen MR) is 80.5 cm³/mol. The normalized spacial score (nSPS) is 20.7. The molecular weight excluding hydrogens is 252 g/mol. The third-order valence-electron chi connectivity index (χ3n) is 4.79. The molecule has 1 aliphatic heterocycles. The molecule has 0 saturated carbocycles. The van der Waals surface area contributed by atoms with Crippen LogP contribution in [0.5, 0.6) is 0 Å². The Hall–Kier alpha value is -1.59. The first-order valence-corrected chi connectivity index (χ1v) is 7.18. The summed E-state index contributed by atoms with van der Waals surface area (Å²) in [5.41, 5.74) is 0.404. The Morgan fingerprint density at radius 3 is 2.60 bits per heavy atom. The van der Waals surface area contributed by atoms with Crippen molar-refractivity contribution in [1.82, 2.24) is 25.0 Å². The van der Waals surface area contributed by atoms with Gasteiger partial charge in [0.05, 0.1) is 6.54 Å². The molecule has 0 atom stereocenters. The van der Waals surface area contributed by atoms with E-state index in [0.29, 0.717) is 12.0 Å². The summed E-state index contributed by atoms with van der Waals surface area (Å²) in [6, 6.07) is 0. The van der Waals surface area contributed by atoms with Gasteiger partial charge in [0.1, 0.15) is 6.33 Å². The van der Waals surface area contributed by atoms with Crippen molar-refractivity contribution in [3.05, 3.63) is 12.2 Å². The van der Waals surface area contributed by atoms with Crippen LogP contribution in [0.3, 0.4) is 0 Å². The van der Waals surface area contributed by atoms with Crippen LogP contribution in [0.4, 0.5) is 0 Å². The molecule has 2 heterocycles. The molecule has 0 aromatic carbocycles. The van der Waals surface area contributed by atoms with Crippen molar-refractivity contribution in [2.24, 2.45) is 10.4 Å². The van der Waals surface area contributed by atoms with E-state index in [1.54, 1.807) is 6.33 Å². The number of hydrogen-bond acceptors (Lipinski definition) is 3. The van der Waals surface area contributed by atoms with Crippen molar-refractivity contribution in [3.63, 3.8) is 0 Å². The first-order valence-electron chi connectivity index (χ1n) is 7.18. The van der Waals surface area contributed by atoms with E-state index in [-0.39, 0.29) is 5.54 Å². The zero-order valence-corrected chi connectivity index (χ0v) is 13.4. The van der Waals surface area contributed by atoms with Crippen molar-refractivity contribution in [2.45, 2.75) is 53.2 Å². The topological polar surface area (TPSA) is 58.3 Å². The molecule has 1 saturated heterocycles. The minimum atomic E-state index is 0.104. The van der Waals surface area contributed by atoms with Gasteiger partial charge in [-0.25, -0.2) is 0 Å². The summed E-state index contributed by atoms with van der Waals surface area (Å²) in [6.07, 6.45) is 1.76. The Kier molecular flexibility index (Phi) is 3.75. The summed E-state index contributed by atoms with van der Waals surface area (Å²) in [6.45, 7) is 13.7. The maximum atomic E-state index is 4.40. The van der Waals surface area contributed by atoms with Gasteiger partial charge in [-0.15, -0.1) is 10.2 Å². The Bertz CT molecular complexity index is 500. The smallest absolute Gasteiger partial charge is 0.194 e. The Balaban J connectivity index is 2.02. The van der Waals surface area contributed by atoms with Crippen molar-refractivity contribution < 1.29 is 0 Å². The van der Waals surface area contributed by atoms with E-state index in [1.807, 2.05) is 11.6 Å². The number of aliphatic imine (C=N–C) groups is 1. The van der Waals surface area contributed by atoms with Gasteiger partial charge in [-0.2, -0.15) is 0 Å². The van der Waals surface area contributed by atoms with Crippen LogP contribution >= 0.6 is 0 Å². The SMILES string of the molecule is CCn1cnnc1CNC(=NC)N1CC(C)(C)C1(C)C. The lowest BCUT2D eigenvalue weighted by Gasteiger charge is -2.62. The van der Waals surface area contributed by atoms with E-state index in [2.05, 4.69) is 60.0 Å². The number of rotatable bonds is 3. The Morgan fingerprint density at radius 2 is 2.10 bits per heavy atom. The van der Waals surface area contributed by atoms with Gasteiger partial charge >= 0.3 is 0 Å². The van der Waals surface area contributed by atoms with E-state index in [0.717, 1.165) is 24.9 Å². The van der Waals surface area contributed by atoms with E-state index in [4.69, 9.17) is 0 Å². The van der Waals surface area contributed by atoms with E-state index >= 15 is 0 Å². The van der Waals surface area contributed by atoms with Gasteiger partial charge in [0, 0.05) is 31.1 Å². The third-order valence-corrected chi connectivity index (χ3v) is 4.79. The Morgan fingerprint density at radius 1 is 1.40 bits per heavy atom. The fourth-order valence-electron chi connectivity index (χ4n) is 2.53. The molecule has 0 unspecified atom stereocenters. The number of nitrogens with zero attached hydrogens (tertiary/aromatic N) is 5. The highest BCUT2D eigenvalue weighted by Crippen LogP contribution is 2.46. The molecule has 20 heavy (non-hydrogen) atoms. The van der Waals surface area contributed by atoms with Gasteiger partial charge in [0.15, 0.2) is 11.8 Å². The molecule has 112 valence electrons. The molecule has 6 heteroatoms. The van der Waals surface area contributed by atoms with Gasteiger partial charge in [0.2, 0.25) is 0 Å². The monoisotopic (exact) mass is 278 g/mol. The number of nitrogens with one attached hydrogen (secondary N) is 1. The van der Waals surface area contributed by atoms with Gasteiger partial charge in [-0.1, -0.05) is 13.8 Å². The van der Waals surface area contributed by atoms with Crippen molar-refractivity contribution in [2.75, 3.05) is 13.6 Å². The van der Waals surface area contributed by atoms with Crippen LogP contribution in [0.15, 0.2) is 11.3 Å². The fourth-order valence-corrected chi connectivity index (χ4v) is 2.53. The number of hydrogen-bond donors (Lipinski definition) is 1. The molecule has 0 amide bonds. The molecule has 0 spiro atoms. The van der Waals surface area contributed by atoms with E-state index in [1.165, 1.54) is 0 Å². The van der Waals surface area contributed by atoms with Gasteiger partial charge in [-0.3, -0.25) is 4.99 Å². The highest BCUT2D eigenvalue weighted by atomic mass is 15.4. The molecular formula is C14H26N6. The van der Waals surface area contributed by atoms with Crippen LogP contribution in [0.2, 0.25) is 0 Å². The van der Waals surface area contributed by atoms with E-state index < -0.39 is 0 Å². The predicted octanol–water partition coefficient (Wildman–Crippen LogP) is 1.49. The minimum absolute atomic E-state index is 0.104. The van der Waals surface area contributed by atoms with Gasteiger partial charge in [0.25, 0.3) is 0 Å². The second-order valence-electron chi connectivity index (χ2n) is 6.46. The molecule has 6 nitrogen and oxygen atoms in total. The third kappa shape index (κ3) is 2.27. The van der Waals surface area contributed by atoms with E-state index in [9.17, 15) is 0 Å². The molecule has 1 N–H and O–H groups in total. The number of likely N-dealkylation sites (tertiary alicyclic amines) is 1. The molecule has 0 bridgehead atoms. The average Bonchev–Trinajstić information content (AvgIpc) is 2.85. The minimum Gasteiger partial charge on any atom is -0.349 e. The molecule has 1 aromatic heterocycles. The van der Waals surface area contributed by atoms with Crippen LogP contribution in [-0.2, 0) is 13.1 Å². The molecule has 1 aliphatic rings. The lowest BCUT2D eigenvalue weighted by molar-refractivity contribution is -0.0668. The average molecular weight is 278 g/mol. The molecule has 0 aliphatic carbocycles. The van der Waals surface area contributed by atoms with Crippen LogP contribution in [0.1, 0.15) is 40.4 Å². The fraction of sp³-hybridized carbons (Fsp3) is 0.786. The molecule has 1 aromatic rings. The van der Waals surface area contributed by atoms with Crippen molar-refractivity contribution in [3.8, 4) is 0 Å². The van der Waals surface area contributed by atoms with Crippen LogP contribution < -0.4 is 5.32 Å². The molecule has 2 rings (SSSR count). The number of guanidine groups is 1. The first kappa shape index (κ1) is 14.8. The highest BCUT2D eigenvalue weighted by Gasteiger charge is 2.53. The summed E-state index contributed by atoms with van der Waals surface area (Å²) >= 11 is 0. The summed E-state index contributed by atoms with van der Waals surface area (Å²) in [5.74, 6) is 1.87. The number of aryl methyl sites for hydroxylation is 1. The summed E-state index contributed by atoms with van der Waals surface area (Å²) in [4.78, 5) is 6.72. The van der Waals surface area contributed by atoms with Crippen molar-refractivity contribution >= 4 is 5.96 Å². The first-order chi connectivity index (χ1) is 9.33. The second-order valence-corrected chi connectivity index (χ2v) is 6.46. The summed E-state index contributed by atoms with van der Waals surface area (Å²) in [5, 5.41) is 11.5. The summed E-state index contributed by atoms with van der Waals surface area (Å²) in [7, 11) is 1.83.